The largest absolute Gasteiger partial charge is 0.350 e. The number of hydrogen-bond acceptors (Lipinski definition) is 5. The fourth-order valence-corrected chi connectivity index (χ4v) is 2.98. The third-order valence-electron chi connectivity index (χ3n) is 3.84. The summed E-state index contributed by atoms with van der Waals surface area (Å²) in [6.45, 7) is 3.78. The quantitative estimate of drug-likeness (QED) is 0.449. The van der Waals surface area contributed by atoms with Crippen molar-refractivity contribution < 1.29 is 9.72 Å². The molecule has 0 saturated carbocycles. The second-order valence-electron chi connectivity index (χ2n) is 6.27. The van der Waals surface area contributed by atoms with Gasteiger partial charge in [0.25, 0.3) is 5.91 Å². The van der Waals surface area contributed by atoms with Gasteiger partial charge in [-0.2, -0.15) is 0 Å². The van der Waals surface area contributed by atoms with Gasteiger partial charge in [0, 0.05) is 27.2 Å². The zero-order valence-electron chi connectivity index (χ0n) is 14.7. The van der Waals surface area contributed by atoms with Crippen molar-refractivity contribution in [2.24, 2.45) is 0 Å². The third-order valence-corrected chi connectivity index (χ3v) is 4.34. The van der Waals surface area contributed by atoms with E-state index in [1.54, 1.807) is 36.4 Å². The molecule has 27 heavy (non-hydrogen) atoms. The smallest absolute Gasteiger partial charge is 0.311 e. The maximum atomic E-state index is 12.0. The summed E-state index contributed by atoms with van der Waals surface area (Å²) in [4.78, 5) is 27.2. The number of benzene rings is 2. The summed E-state index contributed by atoms with van der Waals surface area (Å²) in [5, 5.41) is 18.0. The third kappa shape index (κ3) is 4.22. The number of hydrogen-bond donors (Lipinski definition) is 2. The van der Waals surface area contributed by atoms with Crippen molar-refractivity contribution in [3.63, 3.8) is 0 Å². The molecule has 1 aromatic heterocycles. The molecule has 138 valence electrons. The molecule has 1 amide bonds. The average Bonchev–Trinajstić information content (AvgIpc) is 2.62. The van der Waals surface area contributed by atoms with Gasteiger partial charge < -0.3 is 10.6 Å². The molecule has 0 aliphatic heterocycles. The van der Waals surface area contributed by atoms with Crippen LogP contribution in [0, 0.1) is 10.1 Å². The van der Waals surface area contributed by atoms with Gasteiger partial charge in [0.15, 0.2) is 0 Å². The van der Waals surface area contributed by atoms with Crippen molar-refractivity contribution >= 4 is 49.8 Å². The predicted molar refractivity (Wildman–Crippen MR) is 108 cm³/mol. The number of rotatable bonds is 5. The Labute approximate surface area is 164 Å². The number of pyridine rings is 1. The number of nitrogens with one attached hydrogen (secondary N) is 2. The molecule has 0 unspecified atom stereocenters. The van der Waals surface area contributed by atoms with Crippen LogP contribution in [0.15, 0.2) is 53.1 Å². The number of fused-ring (bicyclic) bond motifs is 1. The van der Waals surface area contributed by atoms with Gasteiger partial charge in [0.2, 0.25) is 0 Å². The second-order valence-corrected chi connectivity index (χ2v) is 7.18. The molecule has 8 heteroatoms. The van der Waals surface area contributed by atoms with E-state index < -0.39 is 4.92 Å². The van der Waals surface area contributed by atoms with Crippen LogP contribution in [0.3, 0.4) is 0 Å². The van der Waals surface area contributed by atoms with Crippen molar-refractivity contribution in [1.29, 1.82) is 0 Å². The number of halogens is 1. The molecule has 0 atom stereocenters. The Morgan fingerprint density at radius 3 is 2.52 bits per heavy atom. The summed E-state index contributed by atoms with van der Waals surface area (Å²) < 4.78 is 0.793. The number of nitro groups is 1. The first-order chi connectivity index (χ1) is 12.8. The van der Waals surface area contributed by atoms with Crippen molar-refractivity contribution in [1.82, 2.24) is 10.3 Å². The molecule has 1 heterocycles. The molecule has 0 saturated heterocycles. The molecule has 3 aromatic rings. The highest BCUT2D eigenvalue weighted by Gasteiger charge is 2.19. The van der Waals surface area contributed by atoms with Crippen molar-refractivity contribution in [3.05, 3.63) is 68.8 Å². The molecule has 0 bridgehead atoms. The Morgan fingerprint density at radius 2 is 1.89 bits per heavy atom. The zero-order valence-corrected chi connectivity index (χ0v) is 16.3. The topological polar surface area (TPSA) is 97.2 Å². The molecular weight excluding hydrogens is 412 g/mol. The van der Waals surface area contributed by atoms with Gasteiger partial charge in [-0.1, -0.05) is 15.9 Å². The molecular formula is C19H17BrN4O3. The average molecular weight is 429 g/mol. The lowest BCUT2D eigenvalue weighted by molar-refractivity contribution is -0.384. The number of anilines is 2. The highest BCUT2D eigenvalue weighted by Crippen LogP contribution is 2.35. The van der Waals surface area contributed by atoms with E-state index in [1.165, 1.54) is 6.20 Å². The molecule has 2 N–H and O–H groups in total. The summed E-state index contributed by atoms with van der Waals surface area (Å²) in [7, 11) is 0. The second kappa shape index (κ2) is 7.71. The van der Waals surface area contributed by atoms with Crippen LogP contribution in [0.1, 0.15) is 24.2 Å². The van der Waals surface area contributed by atoms with Gasteiger partial charge in [-0.05, 0) is 56.3 Å². The molecule has 7 nitrogen and oxygen atoms in total. The molecule has 2 aromatic carbocycles. The molecule has 0 radical (unpaired) electrons. The van der Waals surface area contributed by atoms with Crippen molar-refractivity contribution in [2.75, 3.05) is 5.32 Å². The number of nitrogens with zero attached hydrogens (tertiary/aromatic N) is 2. The monoisotopic (exact) mass is 428 g/mol. The van der Waals surface area contributed by atoms with Crippen LogP contribution in [0.5, 0.6) is 0 Å². The lowest BCUT2D eigenvalue weighted by Gasteiger charge is -2.12. The first-order valence-corrected chi connectivity index (χ1v) is 9.05. The minimum Gasteiger partial charge on any atom is -0.350 e. The first kappa shape index (κ1) is 18.8. The van der Waals surface area contributed by atoms with Crippen LogP contribution in [0.2, 0.25) is 0 Å². The van der Waals surface area contributed by atoms with Gasteiger partial charge in [-0.15, -0.1) is 0 Å². The van der Waals surface area contributed by atoms with Gasteiger partial charge in [-0.3, -0.25) is 14.9 Å². The molecule has 0 fully saturated rings. The van der Waals surface area contributed by atoms with E-state index in [-0.39, 0.29) is 17.6 Å². The van der Waals surface area contributed by atoms with Gasteiger partial charge >= 0.3 is 5.69 Å². The number of carbonyl (C=O) groups is 1. The van der Waals surface area contributed by atoms with Crippen molar-refractivity contribution in [3.8, 4) is 0 Å². The Bertz CT molecular complexity index is 1020. The van der Waals surface area contributed by atoms with Crippen LogP contribution in [0.25, 0.3) is 10.9 Å². The van der Waals surface area contributed by atoms with Gasteiger partial charge in [-0.25, -0.2) is 4.98 Å². The van der Waals surface area contributed by atoms with Crippen LogP contribution >= 0.6 is 15.9 Å². The molecule has 0 aliphatic rings. The highest BCUT2D eigenvalue weighted by molar-refractivity contribution is 9.10. The Hall–Kier alpha value is -3.00. The lowest BCUT2D eigenvalue weighted by atomic mass is 10.1. The molecule has 3 rings (SSSR count). The minimum absolute atomic E-state index is 0.0413. The van der Waals surface area contributed by atoms with E-state index in [1.807, 2.05) is 19.9 Å². The maximum absolute atomic E-state index is 12.0. The van der Waals surface area contributed by atoms with Crippen LogP contribution in [-0.2, 0) is 0 Å². The summed E-state index contributed by atoms with van der Waals surface area (Å²) in [5.74, 6) is -0.166. The van der Waals surface area contributed by atoms with E-state index >= 15 is 0 Å². The fourth-order valence-electron chi connectivity index (χ4n) is 2.62. The summed E-state index contributed by atoms with van der Waals surface area (Å²) >= 11 is 3.39. The SMILES string of the molecule is CC(C)NC(=O)c1ccc(Nc2c([N+](=O)[O-])cnc3ccc(Br)cc23)cc1. The Balaban J connectivity index is 1.98. The van der Waals surface area contributed by atoms with Gasteiger partial charge in [0.05, 0.1) is 10.4 Å². The zero-order chi connectivity index (χ0) is 19.6. The number of carbonyl (C=O) groups excluding carboxylic acids is 1. The van der Waals surface area contributed by atoms with Gasteiger partial charge in [0.1, 0.15) is 11.9 Å². The standard InChI is InChI=1S/C19H17BrN4O3/c1-11(2)22-19(25)12-3-6-14(7-4-12)23-18-15-9-13(20)5-8-16(15)21-10-17(18)24(26)27/h3-11H,1-2H3,(H,21,23)(H,22,25). The Morgan fingerprint density at radius 1 is 1.19 bits per heavy atom. The summed E-state index contributed by atoms with van der Waals surface area (Å²) in [6, 6.07) is 12.2. The molecule has 0 aliphatic carbocycles. The van der Waals surface area contributed by atoms with E-state index in [4.69, 9.17) is 0 Å². The number of aromatic nitrogens is 1. The maximum Gasteiger partial charge on any atom is 0.311 e. The van der Waals surface area contributed by atoms with Crippen LogP contribution in [0.4, 0.5) is 17.1 Å². The van der Waals surface area contributed by atoms with Crippen LogP contribution < -0.4 is 10.6 Å². The minimum atomic E-state index is -0.472. The number of amides is 1. The van der Waals surface area contributed by atoms with E-state index in [0.29, 0.717) is 27.8 Å². The first-order valence-electron chi connectivity index (χ1n) is 8.26. The normalized spacial score (nSPS) is 10.8. The molecule has 0 spiro atoms. The van der Waals surface area contributed by atoms with Crippen molar-refractivity contribution in [2.45, 2.75) is 19.9 Å². The van der Waals surface area contributed by atoms with Crippen LogP contribution in [-0.4, -0.2) is 21.9 Å². The lowest BCUT2D eigenvalue weighted by Crippen LogP contribution is -2.29. The van der Waals surface area contributed by atoms with E-state index in [2.05, 4.69) is 31.5 Å². The highest BCUT2D eigenvalue weighted by atomic mass is 79.9. The van der Waals surface area contributed by atoms with E-state index in [0.717, 1.165) is 4.47 Å². The summed E-state index contributed by atoms with van der Waals surface area (Å²) in [5.41, 5.74) is 2.02. The van der Waals surface area contributed by atoms with E-state index in [9.17, 15) is 14.9 Å². The Kier molecular flexibility index (Phi) is 5.36. The summed E-state index contributed by atoms with van der Waals surface area (Å²) in [6.07, 6.45) is 1.24. The fraction of sp³-hybridized carbons (Fsp3) is 0.158. The predicted octanol–water partition coefficient (Wildman–Crippen LogP) is 4.79.